The summed E-state index contributed by atoms with van der Waals surface area (Å²) in [5, 5.41) is 114. The highest BCUT2D eigenvalue weighted by atomic mass is 35.5. The number of nitrogens with one attached hydrogen (secondary N) is 8. The van der Waals surface area contributed by atoms with Gasteiger partial charge in [-0.2, -0.15) is 0 Å². The normalized spacial score (nSPS) is 30.2. The minimum absolute atomic E-state index is 0.0721. The van der Waals surface area contributed by atoms with Crippen LogP contribution in [0.3, 0.4) is 0 Å². The number of halogens is 2. The molecule has 0 aromatic heterocycles. The number of fused-ring (bicyclic) bond motifs is 15. The molecule has 30 nitrogen and oxygen atoms in total. The summed E-state index contributed by atoms with van der Waals surface area (Å²) in [6.07, 6.45) is -9.61. The van der Waals surface area contributed by atoms with Crippen molar-refractivity contribution in [3.63, 3.8) is 0 Å². The molecule has 32 heteroatoms. The molecule has 0 radical (unpaired) electrons. The largest absolute Gasteiger partial charge is 0.508 e. The van der Waals surface area contributed by atoms with E-state index in [2.05, 4.69) is 42.5 Å². The number of benzene rings is 5. The van der Waals surface area contributed by atoms with E-state index in [0.29, 0.717) is 11.8 Å². The van der Waals surface area contributed by atoms with Gasteiger partial charge in [0.05, 0.1) is 22.5 Å². The van der Waals surface area contributed by atoms with Crippen LogP contribution < -0.4 is 68.2 Å². The van der Waals surface area contributed by atoms with Crippen LogP contribution >= 0.6 is 23.2 Å². The molecule has 20 N–H and O–H groups in total. The molecule has 8 amide bonds. The number of aliphatic hydroxyl groups excluding tert-OH is 5. The molecule has 14 atom stereocenters. The molecule has 4 saturated carbocycles. The fourth-order valence-electron chi connectivity index (χ4n) is 15.2. The summed E-state index contributed by atoms with van der Waals surface area (Å²) < 4.78 is 25.4. The van der Waals surface area contributed by atoms with Crippen LogP contribution in [0.4, 0.5) is 0 Å². The van der Waals surface area contributed by atoms with Crippen LogP contribution in [-0.4, -0.2) is 163 Å². The van der Waals surface area contributed by atoms with Gasteiger partial charge in [-0.1, -0.05) is 55.2 Å². The third-order valence-electron chi connectivity index (χ3n) is 20.0. The molecule has 538 valence electrons. The predicted octanol–water partition coefficient (Wildman–Crippen LogP) is 1.69. The third-order valence-corrected chi connectivity index (χ3v) is 20.6. The summed E-state index contributed by atoms with van der Waals surface area (Å²) in [7, 11) is 1.49. The number of hydrogen-bond donors (Lipinski definition) is 18. The molecule has 4 aliphatic carbocycles. The fourth-order valence-corrected chi connectivity index (χ4v) is 15.6. The Kier molecular flexibility index (Phi) is 20.7. The number of phenolic OH excluding ortho intramolecular Hbond substituents is 3. The van der Waals surface area contributed by atoms with E-state index < -0.39 is 185 Å². The number of amides is 8. The number of carbonyl (C=O) groups excluding carboxylic acids is 8. The molecule has 5 aromatic rings. The lowest BCUT2D eigenvalue weighted by atomic mass is 9.54. The zero-order valence-electron chi connectivity index (χ0n) is 54.6. The Morgan fingerprint density at radius 2 is 1.23 bits per heavy atom. The Balaban J connectivity index is 1.06. The van der Waals surface area contributed by atoms with Gasteiger partial charge >= 0.3 is 0 Å². The van der Waals surface area contributed by atoms with Gasteiger partial charge in [-0.3, -0.25) is 38.4 Å². The topological polar surface area (TPSA) is 484 Å². The number of phenols is 3. The van der Waals surface area contributed by atoms with Crippen LogP contribution in [-0.2, 0) is 43.1 Å². The minimum atomic E-state index is -2.27. The van der Waals surface area contributed by atoms with Crippen LogP contribution in [0.15, 0.2) is 78.9 Å². The van der Waals surface area contributed by atoms with Crippen molar-refractivity contribution in [2.45, 2.75) is 150 Å². The molecule has 0 unspecified atom stereocenters. The molecular formula is C69H78Cl2N10O20. The van der Waals surface area contributed by atoms with Crippen LogP contribution in [0.1, 0.15) is 117 Å². The van der Waals surface area contributed by atoms with Crippen molar-refractivity contribution < 1.29 is 98.2 Å². The average Bonchev–Trinajstić information content (AvgIpc) is 0.765. The number of nitrogens with two attached hydrogens (primary N) is 2. The van der Waals surface area contributed by atoms with Crippen LogP contribution in [0.25, 0.3) is 11.1 Å². The van der Waals surface area contributed by atoms with E-state index in [1.165, 1.54) is 37.4 Å². The lowest BCUT2D eigenvalue weighted by Gasteiger charge is -2.54. The van der Waals surface area contributed by atoms with Crippen LogP contribution in [0.2, 0.25) is 10.0 Å². The molecule has 10 aliphatic rings. The molecule has 1 saturated heterocycles. The number of carbonyl (C=O) groups is 8. The molecule has 5 fully saturated rings. The Hall–Kier alpha value is -9.08. The van der Waals surface area contributed by atoms with Crippen LogP contribution in [0, 0.1) is 29.6 Å². The van der Waals surface area contributed by atoms with Gasteiger partial charge in [-0.25, -0.2) is 0 Å². The van der Waals surface area contributed by atoms with E-state index in [-0.39, 0.29) is 85.1 Å². The van der Waals surface area contributed by atoms with Gasteiger partial charge in [0.2, 0.25) is 59.3 Å². The Bertz CT molecular complexity index is 4100. The summed E-state index contributed by atoms with van der Waals surface area (Å²) in [4.78, 5) is 120. The number of rotatable bonds is 12. The SMILES string of the molecule is CN[C@H](CC(C)C)C(=O)N[C@H]1C(=O)N[C@@H](CC(N)=O)C(=O)N[C@H]2C(=O)N[C@H]3C(=O)N[C@H](C(=O)N[C@H](C(=O)NC4C5CC6CC(C5)CC4C6)c4cc(O)cc(O)c4-c4cc3ccc4O)[C@H](O)c3ccc(c(Cl)c3)Oc3cc2cc(c3O[C@H]2O[C@@H](CN)[C@H](O)[C@@H](O)[C@@H]2O)Oc2ccc(cc2Cl)[C@H]1O. The molecule has 15 rings (SSSR count). The standard InChI is InChI=1S/C69H78Cl2N10O20/c1-25(2)10-39(74-3)62(91)80-54-56(86)29-5-8-43(37(70)17-29)98-45-19-33-20-46(61(45)101-69-60(90)59(89)58(88)47(24-72)100-69)99-44-9-6-30(18-38(44)71)57(87)55-68(97)79-53(66(95)76-50-31-12-26-11-27(14-31)15-32(50)13-26)36-21-34(82)22-42(84)49(36)35-16-28(4-7-41(35)83)51(64(93)81-55)78-65(94)52(33)77-63(92)40(23-48(73)85)75-67(54)96/h4-9,16-22,25-27,31-32,39-40,47,50-60,69,74,82-84,86-90H,10-15,23-24,72H2,1-3H3,(H2,73,85)(H,75,96)(H,76,95)(H,77,92)(H,78,94)(H,79,97)(H,80,91)(H,81,93)/t26?,27?,31?,32?,39-,40+,47+,50?,51-,52-,53+,54-,55+,56-,57-,58+,59-,60+,69-/m1/s1. The highest BCUT2D eigenvalue weighted by Crippen LogP contribution is 2.55. The minimum Gasteiger partial charge on any atom is -0.508 e. The zero-order valence-corrected chi connectivity index (χ0v) is 56.1. The first-order valence-corrected chi connectivity index (χ1v) is 33.8. The molecule has 15 bridgehead atoms. The second-order valence-corrected chi connectivity index (χ2v) is 28.2. The van der Waals surface area contributed by atoms with Crippen molar-refractivity contribution >= 4 is 70.5 Å². The van der Waals surface area contributed by atoms with Gasteiger partial charge in [0.25, 0.3) is 0 Å². The summed E-state index contributed by atoms with van der Waals surface area (Å²) in [6, 6.07) is 0.895. The maximum Gasteiger partial charge on any atom is 0.248 e. The first-order chi connectivity index (χ1) is 48.1. The van der Waals surface area contributed by atoms with Gasteiger partial charge in [-0.05, 0) is 158 Å². The maximum absolute atomic E-state index is 16.0. The molecule has 0 spiro atoms. The Labute approximate surface area is 587 Å². The van der Waals surface area contributed by atoms with Gasteiger partial charge in [0.15, 0.2) is 11.5 Å². The van der Waals surface area contributed by atoms with Crippen molar-refractivity contribution in [1.82, 2.24) is 42.5 Å². The monoisotopic (exact) mass is 1440 g/mol. The van der Waals surface area contributed by atoms with Crippen molar-refractivity contribution in [2.75, 3.05) is 13.6 Å². The first kappa shape index (κ1) is 71.7. The summed E-state index contributed by atoms with van der Waals surface area (Å²) in [5.74, 6) is -12.6. The Morgan fingerprint density at radius 1 is 0.634 bits per heavy atom. The highest BCUT2D eigenvalue weighted by Gasteiger charge is 2.51. The second-order valence-electron chi connectivity index (χ2n) is 27.4. The number of aromatic hydroxyl groups is 3. The van der Waals surface area contributed by atoms with Gasteiger partial charge in [0, 0.05) is 29.8 Å². The molecular weight excluding hydrogens is 1360 g/mol. The van der Waals surface area contributed by atoms with E-state index in [1.54, 1.807) is 0 Å². The van der Waals surface area contributed by atoms with E-state index in [0.717, 1.165) is 80.6 Å². The molecule has 101 heavy (non-hydrogen) atoms. The van der Waals surface area contributed by atoms with Gasteiger partial charge in [0.1, 0.15) is 102 Å². The zero-order chi connectivity index (χ0) is 72.3. The van der Waals surface area contributed by atoms with Crippen molar-refractivity contribution in [1.29, 1.82) is 0 Å². The summed E-state index contributed by atoms with van der Waals surface area (Å²) in [6.45, 7) is 3.24. The number of hydrogen-bond acceptors (Lipinski definition) is 22. The van der Waals surface area contributed by atoms with Gasteiger partial charge < -0.3 is 114 Å². The first-order valence-electron chi connectivity index (χ1n) is 33.1. The lowest BCUT2D eigenvalue weighted by molar-refractivity contribution is -0.270. The summed E-state index contributed by atoms with van der Waals surface area (Å²) in [5.41, 5.74) is 9.78. The summed E-state index contributed by atoms with van der Waals surface area (Å²) >= 11 is 14.1. The maximum atomic E-state index is 16.0. The van der Waals surface area contributed by atoms with E-state index >= 15 is 24.0 Å². The molecule has 6 aliphatic heterocycles. The van der Waals surface area contributed by atoms with E-state index in [1.807, 2.05) is 13.8 Å². The Morgan fingerprint density at radius 3 is 1.82 bits per heavy atom. The second kappa shape index (κ2) is 29.1. The number of aliphatic hydroxyl groups is 5. The van der Waals surface area contributed by atoms with Gasteiger partial charge in [-0.15, -0.1) is 0 Å². The fraction of sp³-hybridized carbons (Fsp3) is 0.449. The molecule has 6 heterocycles. The number of ether oxygens (including phenoxy) is 4. The number of likely N-dealkylation sites (N-methyl/N-ethyl adjacent to an activating group) is 1. The lowest BCUT2D eigenvalue weighted by Crippen LogP contribution is -2.60. The van der Waals surface area contributed by atoms with E-state index in [9.17, 15) is 55.2 Å². The quantitative estimate of drug-likeness (QED) is 0.0845. The van der Waals surface area contributed by atoms with Crippen molar-refractivity contribution in [2.24, 2.45) is 41.1 Å². The van der Waals surface area contributed by atoms with Crippen molar-refractivity contribution in [3.8, 4) is 57.1 Å². The van der Waals surface area contributed by atoms with Crippen LogP contribution in [0.5, 0.6) is 46.0 Å². The smallest absolute Gasteiger partial charge is 0.248 e. The highest BCUT2D eigenvalue weighted by molar-refractivity contribution is 6.32. The number of primary amides is 1. The predicted molar refractivity (Wildman–Crippen MR) is 356 cm³/mol. The van der Waals surface area contributed by atoms with E-state index in [4.69, 9.17) is 53.6 Å². The average molecular weight is 1440 g/mol. The van der Waals surface area contributed by atoms with Crippen molar-refractivity contribution in [3.05, 3.63) is 117 Å². The molecule has 5 aromatic carbocycles. The third kappa shape index (κ3) is 14.6.